The molecule has 2 fully saturated rings. The van der Waals surface area contributed by atoms with Gasteiger partial charge in [-0.05, 0) is 25.7 Å². The number of methoxy groups -OCH3 is 2. The predicted octanol–water partition coefficient (Wildman–Crippen LogP) is 3.73. The third-order valence-electron chi connectivity index (χ3n) is 5.56. The highest BCUT2D eigenvalue weighted by molar-refractivity contribution is 4.93. The lowest BCUT2D eigenvalue weighted by Gasteiger charge is -2.47. The highest BCUT2D eigenvalue weighted by Gasteiger charge is 2.43. The average molecular weight is 359 g/mol. The summed E-state index contributed by atoms with van der Waals surface area (Å²) in [6, 6.07) is 0. The van der Waals surface area contributed by atoms with Gasteiger partial charge < -0.3 is 23.7 Å². The van der Waals surface area contributed by atoms with Gasteiger partial charge in [0.25, 0.3) is 0 Å². The zero-order valence-corrected chi connectivity index (χ0v) is 16.4. The third-order valence-corrected chi connectivity index (χ3v) is 5.56. The van der Waals surface area contributed by atoms with Crippen molar-refractivity contribution in [1.29, 1.82) is 0 Å². The summed E-state index contributed by atoms with van der Waals surface area (Å²) < 4.78 is 29.0. The maximum atomic E-state index is 6.94. The minimum atomic E-state index is -0.145. The standard InChI is InChI=1S/C20H38O5/c1-21-13-15-23-17-19(9-5-3-6-10-19)25-20(11-7-4-8-12-20)18-24-16-14-22-2/h3-18H2,1-2H3. The summed E-state index contributed by atoms with van der Waals surface area (Å²) in [5, 5.41) is 0. The van der Waals surface area contributed by atoms with E-state index in [1.165, 1.54) is 38.5 Å². The second-order valence-electron chi connectivity index (χ2n) is 7.68. The normalized spacial score (nSPS) is 22.8. The van der Waals surface area contributed by atoms with Crippen LogP contribution in [0.1, 0.15) is 64.2 Å². The molecule has 2 aliphatic rings. The maximum absolute atomic E-state index is 6.94. The van der Waals surface area contributed by atoms with E-state index in [1.54, 1.807) is 14.2 Å². The Morgan fingerprint density at radius 3 is 1.32 bits per heavy atom. The lowest BCUT2D eigenvalue weighted by molar-refractivity contribution is -0.225. The van der Waals surface area contributed by atoms with Crippen LogP contribution in [0.15, 0.2) is 0 Å². The van der Waals surface area contributed by atoms with Gasteiger partial charge in [0.15, 0.2) is 0 Å². The van der Waals surface area contributed by atoms with Crippen LogP contribution in [-0.2, 0) is 23.7 Å². The largest absolute Gasteiger partial charge is 0.382 e. The first-order chi connectivity index (χ1) is 12.2. The third kappa shape index (κ3) is 7.14. The van der Waals surface area contributed by atoms with Crippen LogP contribution in [-0.4, -0.2) is 65.1 Å². The Morgan fingerprint density at radius 2 is 0.960 bits per heavy atom. The zero-order chi connectivity index (χ0) is 17.8. The van der Waals surface area contributed by atoms with Crippen LogP contribution >= 0.6 is 0 Å². The SMILES string of the molecule is COCCOCC1(OC2(COCCOC)CCCCC2)CCCCC1. The van der Waals surface area contributed by atoms with Crippen molar-refractivity contribution in [1.82, 2.24) is 0 Å². The monoisotopic (exact) mass is 358 g/mol. The lowest BCUT2D eigenvalue weighted by Crippen LogP contribution is -2.52. The number of hydrogen-bond acceptors (Lipinski definition) is 5. The van der Waals surface area contributed by atoms with Crippen molar-refractivity contribution >= 4 is 0 Å². The summed E-state index contributed by atoms with van der Waals surface area (Å²) in [6.07, 6.45) is 11.9. The molecule has 0 amide bonds. The van der Waals surface area contributed by atoms with E-state index in [1.807, 2.05) is 0 Å². The zero-order valence-electron chi connectivity index (χ0n) is 16.4. The average Bonchev–Trinajstić information content (AvgIpc) is 2.64. The minimum Gasteiger partial charge on any atom is -0.382 e. The predicted molar refractivity (Wildman–Crippen MR) is 98.1 cm³/mol. The Hall–Kier alpha value is -0.200. The van der Waals surface area contributed by atoms with Gasteiger partial charge in [0.2, 0.25) is 0 Å². The van der Waals surface area contributed by atoms with E-state index in [9.17, 15) is 0 Å². The molecular weight excluding hydrogens is 320 g/mol. The van der Waals surface area contributed by atoms with Crippen LogP contribution in [0.2, 0.25) is 0 Å². The summed E-state index contributed by atoms with van der Waals surface area (Å²) in [4.78, 5) is 0. The van der Waals surface area contributed by atoms with Crippen molar-refractivity contribution in [3.05, 3.63) is 0 Å². The Kier molecular flexibility index (Phi) is 9.71. The molecule has 0 aromatic carbocycles. The molecule has 0 unspecified atom stereocenters. The van der Waals surface area contributed by atoms with Crippen molar-refractivity contribution < 1.29 is 23.7 Å². The van der Waals surface area contributed by atoms with Crippen LogP contribution < -0.4 is 0 Å². The van der Waals surface area contributed by atoms with Crippen molar-refractivity contribution in [2.75, 3.05) is 53.9 Å². The summed E-state index contributed by atoms with van der Waals surface area (Å²) in [5.41, 5.74) is -0.290. The molecule has 0 saturated heterocycles. The van der Waals surface area contributed by atoms with Gasteiger partial charge in [-0.3, -0.25) is 0 Å². The Labute approximate surface area is 153 Å². The number of rotatable bonds is 12. The highest BCUT2D eigenvalue weighted by atomic mass is 16.6. The van der Waals surface area contributed by atoms with Gasteiger partial charge in [-0.15, -0.1) is 0 Å². The van der Waals surface area contributed by atoms with Crippen LogP contribution in [0.3, 0.4) is 0 Å². The van der Waals surface area contributed by atoms with E-state index in [2.05, 4.69) is 0 Å². The van der Waals surface area contributed by atoms with Gasteiger partial charge in [-0.2, -0.15) is 0 Å². The highest BCUT2D eigenvalue weighted by Crippen LogP contribution is 2.41. The molecule has 2 saturated carbocycles. The molecule has 148 valence electrons. The first kappa shape index (κ1) is 21.1. The van der Waals surface area contributed by atoms with Crippen LogP contribution in [0.5, 0.6) is 0 Å². The summed E-state index contributed by atoms with van der Waals surface area (Å²) in [7, 11) is 3.43. The second-order valence-corrected chi connectivity index (χ2v) is 7.68. The molecule has 5 nitrogen and oxygen atoms in total. The van der Waals surface area contributed by atoms with E-state index >= 15 is 0 Å². The quantitative estimate of drug-likeness (QED) is 0.497. The molecule has 0 heterocycles. The van der Waals surface area contributed by atoms with Crippen molar-refractivity contribution in [2.45, 2.75) is 75.4 Å². The molecule has 0 bridgehead atoms. The van der Waals surface area contributed by atoms with Gasteiger partial charge in [0.1, 0.15) is 0 Å². The van der Waals surface area contributed by atoms with Crippen LogP contribution in [0.4, 0.5) is 0 Å². The first-order valence-corrected chi connectivity index (χ1v) is 10.1. The molecule has 0 aromatic rings. The van der Waals surface area contributed by atoms with E-state index in [4.69, 9.17) is 23.7 Å². The maximum Gasteiger partial charge on any atom is 0.0923 e. The lowest BCUT2D eigenvalue weighted by atomic mass is 9.81. The van der Waals surface area contributed by atoms with E-state index in [-0.39, 0.29) is 11.2 Å². The summed E-state index contributed by atoms with van der Waals surface area (Å²) >= 11 is 0. The summed E-state index contributed by atoms with van der Waals surface area (Å²) in [6.45, 7) is 3.91. The van der Waals surface area contributed by atoms with Gasteiger partial charge in [-0.25, -0.2) is 0 Å². The molecule has 0 aromatic heterocycles. The fourth-order valence-electron chi connectivity index (χ4n) is 4.20. The molecule has 0 atom stereocenters. The van der Waals surface area contributed by atoms with Crippen LogP contribution in [0.25, 0.3) is 0 Å². The smallest absolute Gasteiger partial charge is 0.0923 e. The molecule has 0 N–H and O–H groups in total. The minimum absolute atomic E-state index is 0.145. The topological polar surface area (TPSA) is 46.2 Å². The van der Waals surface area contributed by atoms with Gasteiger partial charge in [0.05, 0.1) is 50.8 Å². The number of ether oxygens (including phenoxy) is 5. The Morgan fingerprint density at radius 1 is 0.560 bits per heavy atom. The van der Waals surface area contributed by atoms with E-state index < -0.39 is 0 Å². The van der Waals surface area contributed by atoms with Crippen LogP contribution in [0, 0.1) is 0 Å². The first-order valence-electron chi connectivity index (χ1n) is 10.1. The van der Waals surface area contributed by atoms with Crippen molar-refractivity contribution in [3.63, 3.8) is 0 Å². The van der Waals surface area contributed by atoms with E-state index in [0.29, 0.717) is 39.6 Å². The van der Waals surface area contributed by atoms with E-state index in [0.717, 1.165) is 25.7 Å². The molecule has 5 heteroatoms. The van der Waals surface area contributed by atoms with Crippen molar-refractivity contribution in [2.24, 2.45) is 0 Å². The summed E-state index contributed by atoms with van der Waals surface area (Å²) in [5.74, 6) is 0. The van der Waals surface area contributed by atoms with Gasteiger partial charge in [-0.1, -0.05) is 38.5 Å². The number of hydrogen-bond donors (Lipinski definition) is 0. The molecule has 2 aliphatic carbocycles. The molecule has 0 spiro atoms. The molecule has 0 radical (unpaired) electrons. The Balaban J connectivity index is 1.97. The molecule has 25 heavy (non-hydrogen) atoms. The Bertz CT molecular complexity index is 303. The van der Waals surface area contributed by atoms with Gasteiger partial charge >= 0.3 is 0 Å². The molecule has 2 rings (SSSR count). The molecule has 0 aliphatic heterocycles. The van der Waals surface area contributed by atoms with Gasteiger partial charge in [0, 0.05) is 14.2 Å². The van der Waals surface area contributed by atoms with Crippen molar-refractivity contribution in [3.8, 4) is 0 Å². The second kappa shape index (κ2) is 11.5. The molecular formula is C20H38O5. The fraction of sp³-hybridized carbons (Fsp3) is 1.00. The fourth-order valence-corrected chi connectivity index (χ4v) is 4.20.